The van der Waals surface area contributed by atoms with Gasteiger partial charge in [0.2, 0.25) is 0 Å². The standard InChI is InChI=1S/C9H10FNO3/c1-14-8-4-6(10)2-3-7(8)11-5-9(12)13/h2-4,11H,5H2,1H3,(H,12,13). The number of methoxy groups -OCH3 is 1. The molecule has 0 aliphatic heterocycles. The lowest BCUT2D eigenvalue weighted by Gasteiger charge is -2.08. The van der Waals surface area contributed by atoms with Crippen molar-refractivity contribution in [3.8, 4) is 5.75 Å². The van der Waals surface area contributed by atoms with Gasteiger partial charge in [0.15, 0.2) is 0 Å². The van der Waals surface area contributed by atoms with Crippen molar-refractivity contribution in [2.45, 2.75) is 0 Å². The topological polar surface area (TPSA) is 58.6 Å². The first-order valence-electron chi connectivity index (χ1n) is 3.92. The zero-order chi connectivity index (χ0) is 10.6. The Labute approximate surface area is 80.3 Å². The summed E-state index contributed by atoms with van der Waals surface area (Å²) < 4.78 is 17.6. The molecule has 0 aromatic heterocycles. The van der Waals surface area contributed by atoms with Crippen molar-refractivity contribution in [3.63, 3.8) is 0 Å². The maximum absolute atomic E-state index is 12.7. The highest BCUT2D eigenvalue weighted by Gasteiger charge is 2.05. The minimum Gasteiger partial charge on any atom is -0.494 e. The Morgan fingerprint density at radius 2 is 2.36 bits per heavy atom. The molecule has 14 heavy (non-hydrogen) atoms. The van der Waals surface area contributed by atoms with Crippen LogP contribution in [0.5, 0.6) is 5.75 Å². The Morgan fingerprint density at radius 3 is 2.93 bits per heavy atom. The lowest BCUT2D eigenvalue weighted by molar-refractivity contribution is -0.134. The van der Waals surface area contributed by atoms with Gasteiger partial charge in [-0.05, 0) is 12.1 Å². The molecule has 76 valence electrons. The molecule has 0 fully saturated rings. The van der Waals surface area contributed by atoms with E-state index in [9.17, 15) is 9.18 Å². The summed E-state index contributed by atoms with van der Waals surface area (Å²) in [7, 11) is 1.39. The van der Waals surface area contributed by atoms with Crippen molar-refractivity contribution in [1.82, 2.24) is 0 Å². The molecular weight excluding hydrogens is 189 g/mol. The molecule has 1 aromatic rings. The van der Waals surface area contributed by atoms with Gasteiger partial charge in [0.25, 0.3) is 0 Å². The molecule has 4 nitrogen and oxygen atoms in total. The first-order valence-corrected chi connectivity index (χ1v) is 3.92. The second-order valence-electron chi connectivity index (χ2n) is 2.59. The van der Waals surface area contributed by atoms with Crippen molar-refractivity contribution < 1.29 is 19.0 Å². The number of carboxylic acids is 1. The monoisotopic (exact) mass is 199 g/mol. The molecule has 0 unspecified atom stereocenters. The molecule has 0 spiro atoms. The van der Waals surface area contributed by atoms with Crippen LogP contribution in [-0.2, 0) is 4.79 Å². The Morgan fingerprint density at radius 1 is 1.64 bits per heavy atom. The fourth-order valence-electron chi connectivity index (χ4n) is 0.982. The normalized spacial score (nSPS) is 9.57. The SMILES string of the molecule is COc1cc(F)ccc1NCC(=O)O. The van der Waals surface area contributed by atoms with Crippen LogP contribution in [0.15, 0.2) is 18.2 Å². The molecule has 0 atom stereocenters. The van der Waals surface area contributed by atoms with Crippen molar-refractivity contribution in [3.05, 3.63) is 24.0 Å². The third-order valence-electron chi connectivity index (χ3n) is 1.59. The van der Waals surface area contributed by atoms with Crippen LogP contribution in [0.25, 0.3) is 0 Å². The molecule has 0 aliphatic rings. The molecular formula is C9H10FNO3. The van der Waals surface area contributed by atoms with Gasteiger partial charge in [-0.3, -0.25) is 4.79 Å². The van der Waals surface area contributed by atoms with Crippen LogP contribution in [0, 0.1) is 5.82 Å². The lowest BCUT2D eigenvalue weighted by Crippen LogP contribution is -2.12. The van der Waals surface area contributed by atoms with Crippen LogP contribution in [0.2, 0.25) is 0 Å². The highest BCUT2D eigenvalue weighted by Crippen LogP contribution is 2.24. The van der Waals surface area contributed by atoms with Gasteiger partial charge in [0.05, 0.1) is 12.8 Å². The fraction of sp³-hybridized carbons (Fsp3) is 0.222. The molecule has 0 aliphatic carbocycles. The number of rotatable bonds is 4. The number of hydrogen-bond donors (Lipinski definition) is 2. The summed E-state index contributed by atoms with van der Waals surface area (Å²) >= 11 is 0. The molecule has 0 saturated heterocycles. The molecule has 5 heteroatoms. The summed E-state index contributed by atoms with van der Waals surface area (Å²) in [6.07, 6.45) is 0. The fourth-order valence-corrected chi connectivity index (χ4v) is 0.982. The Bertz CT molecular complexity index is 341. The number of benzene rings is 1. The van der Waals surface area contributed by atoms with E-state index in [0.717, 1.165) is 0 Å². The number of anilines is 1. The van der Waals surface area contributed by atoms with Crippen LogP contribution in [0.4, 0.5) is 10.1 Å². The van der Waals surface area contributed by atoms with Crippen molar-refractivity contribution in [1.29, 1.82) is 0 Å². The number of aliphatic carboxylic acids is 1. The zero-order valence-electron chi connectivity index (χ0n) is 7.58. The zero-order valence-corrected chi connectivity index (χ0v) is 7.58. The summed E-state index contributed by atoms with van der Waals surface area (Å²) in [5, 5.41) is 11.0. The highest BCUT2D eigenvalue weighted by molar-refractivity contribution is 5.73. The van der Waals surface area contributed by atoms with Gasteiger partial charge in [0.1, 0.15) is 18.1 Å². The quantitative estimate of drug-likeness (QED) is 0.768. The Kier molecular flexibility index (Phi) is 3.28. The summed E-state index contributed by atoms with van der Waals surface area (Å²) in [4.78, 5) is 10.3. The largest absolute Gasteiger partial charge is 0.494 e. The average molecular weight is 199 g/mol. The van der Waals surface area contributed by atoms with E-state index in [1.165, 1.54) is 25.3 Å². The van der Waals surface area contributed by atoms with Crippen LogP contribution in [0.3, 0.4) is 0 Å². The molecule has 1 rings (SSSR count). The number of ether oxygens (including phenoxy) is 1. The number of carboxylic acid groups (broad SMARTS) is 1. The second kappa shape index (κ2) is 4.45. The Hall–Kier alpha value is -1.78. The van der Waals surface area contributed by atoms with E-state index in [1.54, 1.807) is 0 Å². The minimum absolute atomic E-state index is 0.234. The predicted molar refractivity (Wildman–Crippen MR) is 49.1 cm³/mol. The first kappa shape index (κ1) is 10.3. The highest BCUT2D eigenvalue weighted by atomic mass is 19.1. The first-order chi connectivity index (χ1) is 6.63. The Balaban J connectivity index is 2.80. The third-order valence-corrected chi connectivity index (χ3v) is 1.59. The number of carbonyl (C=O) groups is 1. The number of halogens is 1. The summed E-state index contributed by atoms with van der Waals surface area (Å²) in [5.41, 5.74) is 0.455. The van der Waals surface area contributed by atoms with Crippen LogP contribution in [0.1, 0.15) is 0 Å². The van der Waals surface area contributed by atoms with Gasteiger partial charge in [-0.1, -0.05) is 0 Å². The van der Waals surface area contributed by atoms with Gasteiger partial charge in [-0.2, -0.15) is 0 Å². The van der Waals surface area contributed by atoms with E-state index in [1.807, 2.05) is 0 Å². The molecule has 1 aromatic carbocycles. The van der Waals surface area contributed by atoms with E-state index >= 15 is 0 Å². The van der Waals surface area contributed by atoms with Gasteiger partial charge in [-0.25, -0.2) is 4.39 Å². The van der Waals surface area contributed by atoms with Gasteiger partial charge in [0, 0.05) is 6.07 Å². The van der Waals surface area contributed by atoms with Crippen molar-refractivity contribution in [2.75, 3.05) is 19.0 Å². The molecule has 0 radical (unpaired) electrons. The summed E-state index contributed by atoms with van der Waals surface area (Å²) in [6.45, 7) is -0.234. The molecule has 0 bridgehead atoms. The summed E-state index contributed by atoms with van der Waals surface area (Å²) in [5.74, 6) is -1.13. The number of hydrogen-bond acceptors (Lipinski definition) is 3. The van der Waals surface area contributed by atoms with Crippen LogP contribution >= 0.6 is 0 Å². The average Bonchev–Trinajstić information content (AvgIpc) is 2.15. The van der Waals surface area contributed by atoms with E-state index < -0.39 is 11.8 Å². The third kappa shape index (κ3) is 2.62. The number of nitrogens with one attached hydrogen (secondary N) is 1. The minimum atomic E-state index is -0.989. The molecule has 0 saturated carbocycles. The lowest BCUT2D eigenvalue weighted by atomic mass is 10.3. The second-order valence-corrected chi connectivity index (χ2v) is 2.59. The predicted octanol–water partition coefficient (Wildman–Crippen LogP) is 1.33. The van der Waals surface area contributed by atoms with Gasteiger partial charge >= 0.3 is 5.97 Å². The van der Waals surface area contributed by atoms with Gasteiger partial charge in [-0.15, -0.1) is 0 Å². The molecule has 0 heterocycles. The van der Waals surface area contributed by atoms with E-state index in [-0.39, 0.29) is 12.3 Å². The van der Waals surface area contributed by atoms with Crippen molar-refractivity contribution in [2.24, 2.45) is 0 Å². The van der Waals surface area contributed by atoms with Crippen LogP contribution in [-0.4, -0.2) is 24.7 Å². The van der Waals surface area contributed by atoms with Crippen LogP contribution < -0.4 is 10.1 Å². The summed E-state index contributed by atoms with van der Waals surface area (Å²) in [6, 6.07) is 3.84. The van der Waals surface area contributed by atoms with Gasteiger partial charge < -0.3 is 15.2 Å². The van der Waals surface area contributed by atoms with E-state index in [2.05, 4.69) is 5.32 Å². The molecule has 0 amide bonds. The smallest absolute Gasteiger partial charge is 0.322 e. The van der Waals surface area contributed by atoms with Crippen molar-refractivity contribution >= 4 is 11.7 Å². The maximum atomic E-state index is 12.7. The maximum Gasteiger partial charge on any atom is 0.322 e. The van der Waals surface area contributed by atoms with E-state index in [4.69, 9.17) is 9.84 Å². The molecule has 2 N–H and O–H groups in total. The van der Waals surface area contributed by atoms with E-state index in [0.29, 0.717) is 5.69 Å².